The third-order valence-corrected chi connectivity index (χ3v) is 7.46. The van der Waals surface area contributed by atoms with Crippen LogP contribution in [0.15, 0.2) is 18.2 Å². The third-order valence-electron chi connectivity index (χ3n) is 6.90. The number of ether oxygens (including phenoxy) is 3. The smallest absolute Gasteiger partial charge is 0.306 e. The minimum absolute atomic E-state index is 0.167. The lowest BCUT2D eigenvalue weighted by Gasteiger charge is -2.17. The first-order chi connectivity index (χ1) is 18.1. The molecule has 0 radical (unpaired) electrons. The van der Waals surface area contributed by atoms with Gasteiger partial charge in [-0.05, 0) is 42.9 Å². The summed E-state index contributed by atoms with van der Waals surface area (Å²) in [5, 5.41) is 0.805. The van der Waals surface area contributed by atoms with Gasteiger partial charge in [0.15, 0.2) is 0 Å². The Hall–Kier alpha value is -1.23. The summed E-state index contributed by atoms with van der Waals surface area (Å²) >= 11 is 3.36. The highest BCUT2D eigenvalue weighted by Crippen LogP contribution is 2.26. The molecule has 5 heteroatoms. The maximum absolute atomic E-state index is 12.0. The Labute approximate surface area is 236 Å². The Morgan fingerprint density at radius 1 is 0.757 bits per heavy atom. The molecule has 1 aromatic rings. The number of unbranched alkanes of at least 4 members (excludes halogenated alkanes) is 11. The summed E-state index contributed by atoms with van der Waals surface area (Å²) < 4.78 is 17.8. The minimum Gasteiger partial charge on any atom is -0.493 e. The van der Waals surface area contributed by atoms with Gasteiger partial charge in [-0.3, -0.25) is 4.79 Å². The quantitative estimate of drug-likeness (QED) is 0.0653. The van der Waals surface area contributed by atoms with Gasteiger partial charge >= 0.3 is 5.97 Å². The van der Waals surface area contributed by atoms with Crippen LogP contribution in [0.3, 0.4) is 0 Å². The highest BCUT2D eigenvalue weighted by Gasteiger charge is 2.10. The van der Waals surface area contributed by atoms with Gasteiger partial charge in [-0.25, -0.2) is 0 Å². The van der Waals surface area contributed by atoms with Crippen molar-refractivity contribution in [1.29, 1.82) is 0 Å². The van der Waals surface area contributed by atoms with E-state index in [0.29, 0.717) is 25.6 Å². The van der Waals surface area contributed by atoms with Crippen molar-refractivity contribution in [3.05, 3.63) is 23.8 Å². The Bertz CT molecular complexity index is 679. The number of benzene rings is 1. The van der Waals surface area contributed by atoms with E-state index in [1.54, 1.807) is 0 Å². The van der Waals surface area contributed by atoms with Gasteiger partial charge in [0.05, 0.1) is 13.2 Å². The molecule has 214 valence electrons. The zero-order valence-electron chi connectivity index (χ0n) is 24.2. The van der Waals surface area contributed by atoms with Crippen LogP contribution in [-0.2, 0) is 16.1 Å². The molecule has 4 nitrogen and oxygen atoms in total. The molecular formula is C32H55BrO4. The second-order valence-corrected chi connectivity index (χ2v) is 11.2. The molecule has 0 aliphatic carbocycles. The van der Waals surface area contributed by atoms with Gasteiger partial charge < -0.3 is 14.2 Å². The van der Waals surface area contributed by atoms with Crippen molar-refractivity contribution in [2.45, 2.75) is 137 Å². The van der Waals surface area contributed by atoms with E-state index < -0.39 is 0 Å². The Balaban J connectivity index is 2.48. The molecule has 0 aliphatic heterocycles. The van der Waals surface area contributed by atoms with Crippen molar-refractivity contribution in [2.75, 3.05) is 18.5 Å². The maximum Gasteiger partial charge on any atom is 0.306 e. The topological polar surface area (TPSA) is 44.8 Å². The number of hydrogen-bond acceptors (Lipinski definition) is 4. The predicted octanol–water partition coefficient (Wildman–Crippen LogP) is 10.2. The first-order valence-electron chi connectivity index (χ1n) is 15.2. The summed E-state index contributed by atoms with van der Waals surface area (Å²) in [5.41, 5.74) is 0.917. The van der Waals surface area contributed by atoms with Gasteiger partial charge in [0.1, 0.15) is 18.1 Å². The first-order valence-corrected chi connectivity index (χ1v) is 16.4. The number of alkyl halides is 1. The van der Waals surface area contributed by atoms with Gasteiger partial charge in [-0.2, -0.15) is 0 Å². The molecule has 0 amide bonds. The molecule has 0 heterocycles. The monoisotopic (exact) mass is 582 g/mol. The lowest BCUT2D eigenvalue weighted by atomic mass is 10.0. The fourth-order valence-corrected chi connectivity index (χ4v) is 4.68. The van der Waals surface area contributed by atoms with Crippen molar-refractivity contribution in [2.24, 2.45) is 5.92 Å². The van der Waals surface area contributed by atoms with Crippen LogP contribution in [0.4, 0.5) is 0 Å². The fourth-order valence-electron chi connectivity index (χ4n) is 4.40. The number of halogens is 1. The van der Waals surface area contributed by atoms with Crippen LogP contribution in [0.1, 0.15) is 135 Å². The van der Waals surface area contributed by atoms with E-state index in [1.165, 1.54) is 83.5 Å². The summed E-state index contributed by atoms with van der Waals surface area (Å²) in [4.78, 5) is 12.0. The van der Waals surface area contributed by atoms with Crippen molar-refractivity contribution < 1.29 is 19.0 Å². The largest absolute Gasteiger partial charge is 0.493 e. The Kier molecular flexibility index (Phi) is 21.8. The van der Waals surface area contributed by atoms with Gasteiger partial charge in [-0.15, -0.1) is 0 Å². The molecule has 0 aromatic heterocycles. The third kappa shape index (κ3) is 18.6. The van der Waals surface area contributed by atoms with Gasteiger partial charge in [-0.1, -0.05) is 120 Å². The highest BCUT2D eigenvalue weighted by atomic mass is 79.9. The lowest BCUT2D eigenvalue weighted by Crippen LogP contribution is -2.12. The normalized spacial score (nSPS) is 11.9. The summed E-state index contributed by atoms with van der Waals surface area (Å²) in [7, 11) is 0. The zero-order chi connectivity index (χ0) is 27.0. The van der Waals surface area contributed by atoms with Crippen LogP contribution < -0.4 is 9.47 Å². The van der Waals surface area contributed by atoms with E-state index in [9.17, 15) is 4.79 Å². The fraction of sp³-hybridized carbons (Fsp3) is 0.781. The molecule has 0 N–H and O–H groups in total. The van der Waals surface area contributed by atoms with Gasteiger partial charge in [0, 0.05) is 17.8 Å². The number of carbonyl (C=O) groups excluding carboxylic acids is 1. The SMILES string of the molecule is CCCCCCCCCCCCCOc1cc(COC(=O)CCCBr)cc(OCC(CC)CCCC)c1. The second kappa shape index (κ2) is 23.9. The van der Waals surface area contributed by atoms with Crippen LogP contribution in [0.5, 0.6) is 11.5 Å². The van der Waals surface area contributed by atoms with Crippen molar-refractivity contribution in [1.82, 2.24) is 0 Å². The van der Waals surface area contributed by atoms with Crippen molar-refractivity contribution >= 4 is 21.9 Å². The van der Waals surface area contributed by atoms with E-state index in [2.05, 4.69) is 36.7 Å². The van der Waals surface area contributed by atoms with Crippen LogP contribution in [0.25, 0.3) is 0 Å². The first kappa shape index (κ1) is 33.8. The number of carbonyl (C=O) groups is 1. The molecule has 1 aromatic carbocycles. The summed E-state index contributed by atoms with van der Waals surface area (Å²) in [6.45, 7) is 8.40. The molecule has 0 aliphatic rings. The lowest BCUT2D eigenvalue weighted by molar-refractivity contribution is -0.144. The zero-order valence-corrected chi connectivity index (χ0v) is 25.8. The van der Waals surface area contributed by atoms with E-state index in [1.807, 2.05) is 18.2 Å². The number of rotatable bonds is 25. The van der Waals surface area contributed by atoms with Crippen LogP contribution >= 0.6 is 15.9 Å². The van der Waals surface area contributed by atoms with Crippen LogP contribution in [0.2, 0.25) is 0 Å². The van der Waals surface area contributed by atoms with Crippen molar-refractivity contribution in [3.8, 4) is 11.5 Å². The highest BCUT2D eigenvalue weighted by molar-refractivity contribution is 9.09. The average Bonchev–Trinajstić information content (AvgIpc) is 2.91. The molecule has 0 saturated carbocycles. The van der Waals surface area contributed by atoms with Gasteiger partial charge in [0.25, 0.3) is 0 Å². The standard InChI is InChI=1S/C32H55BrO4/c1-4-7-9-10-11-12-13-14-15-16-17-22-35-30-23-29(27-37-32(34)20-18-21-33)24-31(25-30)36-26-28(6-3)19-8-5-2/h23-25,28H,4-22,26-27H2,1-3H3. The molecule has 0 saturated heterocycles. The van der Waals surface area contributed by atoms with E-state index in [4.69, 9.17) is 14.2 Å². The van der Waals surface area contributed by atoms with E-state index in [0.717, 1.165) is 41.7 Å². The molecule has 1 unspecified atom stereocenters. The Morgan fingerprint density at radius 2 is 1.35 bits per heavy atom. The van der Waals surface area contributed by atoms with Crippen LogP contribution in [0, 0.1) is 5.92 Å². The summed E-state index contributed by atoms with van der Waals surface area (Å²) in [5.74, 6) is 2.00. The predicted molar refractivity (Wildman–Crippen MR) is 160 cm³/mol. The molecular weight excluding hydrogens is 528 g/mol. The average molecular weight is 584 g/mol. The van der Waals surface area contributed by atoms with Gasteiger partial charge in [0.2, 0.25) is 0 Å². The number of esters is 1. The molecule has 0 spiro atoms. The summed E-state index contributed by atoms with van der Waals surface area (Å²) in [6.07, 6.45) is 20.5. The summed E-state index contributed by atoms with van der Waals surface area (Å²) in [6, 6.07) is 5.96. The van der Waals surface area contributed by atoms with Crippen LogP contribution in [-0.4, -0.2) is 24.5 Å². The molecule has 1 atom stereocenters. The maximum atomic E-state index is 12.0. The minimum atomic E-state index is -0.167. The molecule has 1 rings (SSSR count). The molecule has 0 fully saturated rings. The van der Waals surface area contributed by atoms with Crippen molar-refractivity contribution in [3.63, 3.8) is 0 Å². The molecule has 0 bridgehead atoms. The number of hydrogen-bond donors (Lipinski definition) is 0. The van der Waals surface area contributed by atoms with E-state index in [-0.39, 0.29) is 12.6 Å². The second-order valence-electron chi connectivity index (χ2n) is 10.4. The van der Waals surface area contributed by atoms with E-state index >= 15 is 0 Å². The molecule has 37 heavy (non-hydrogen) atoms. The Morgan fingerprint density at radius 3 is 1.95 bits per heavy atom.